The summed E-state index contributed by atoms with van der Waals surface area (Å²) in [7, 11) is 3.02. The second-order valence-electron chi connectivity index (χ2n) is 8.75. The van der Waals surface area contributed by atoms with Crippen molar-refractivity contribution < 1.29 is 19.1 Å². The van der Waals surface area contributed by atoms with Gasteiger partial charge in [-0.05, 0) is 72.4 Å². The molecule has 2 atom stereocenters. The zero-order valence-electron chi connectivity index (χ0n) is 18.9. The van der Waals surface area contributed by atoms with E-state index in [1.165, 1.54) is 42.4 Å². The number of anilines is 1. The van der Waals surface area contributed by atoms with Crippen molar-refractivity contribution in [3.05, 3.63) is 70.1 Å². The Kier molecular flexibility index (Phi) is 5.94. The third-order valence-electron chi connectivity index (χ3n) is 6.75. The molecule has 6 heteroatoms. The van der Waals surface area contributed by atoms with Crippen molar-refractivity contribution in [2.24, 2.45) is 5.92 Å². The van der Waals surface area contributed by atoms with Crippen LogP contribution in [0.15, 0.2) is 47.8 Å². The molecular weight excluding hydrogens is 434 g/mol. The molecule has 0 saturated heterocycles. The summed E-state index contributed by atoms with van der Waals surface area (Å²) in [5.41, 5.74) is 6.13. The predicted molar refractivity (Wildman–Crippen MR) is 130 cm³/mol. The SMILES string of the molecule is COC(=O)c1c(-c2ccc3c(c2)CCCC3)csc1NC(=O)C1CC1c1ccc(OC)cc1. The van der Waals surface area contributed by atoms with Crippen molar-refractivity contribution in [2.45, 2.75) is 38.0 Å². The van der Waals surface area contributed by atoms with Crippen molar-refractivity contribution in [1.82, 2.24) is 0 Å². The number of carbonyl (C=O) groups is 2. The lowest BCUT2D eigenvalue weighted by molar-refractivity contribution is -0.117. The van der Waals surface area contributed by atoms with E-state index in [2.05, 4.69) is 23.5 Å². The molecule has 1 amide bonds. The van der Waals surface area contributed by atoms with E-state index in [0.29, 0.717) is 10.6 Å². The van der Waals surface area contributed by atoms with Crippen molar-refractivity contribution in [2.75, 3.05) is 19.5 Å². The highest BCUT2D eigenvalue weighted by atomic mass is 32.1. The average molecular weight is 462 g/mol. The van der Waals surface area contributed by atoms with E-state index in [1.54, 1.807) is 7.11 Å². The Morgan fingerprint density at radius 3 is 2.48 bits per heavy atom. The number of ether oxygens (including phenoxy) is 2. The third-order valence-corrected chi connectivity index (χ3v) is 7.64. The number of carbonyl (C=O) groups excluding carboxylic acids is 2. The van der Waals surface area contributed by atoms with E-state index in [4.69, 9.17) is 9.47 Å². The topological polar surface area (TPSA) is 64.6 Å². The Labute approximate surface area is 197 Å². The normalized spacial score (nSPS) is 18.8. The molecule has 2 aliphatic carbocycles. The summed E-state index contributed by atoms with van der Waals surface area (Å²) >= 11 is 1.38. The molecule has 1 heterocycles. The molecule has 1 aromatic heterocycles. The van der Waals surface area contributed by atoms with Crippen LogP contribution in [0.1, 0.15) is 52.2 Å². The Morgan fingerprint density at radius 1 is 1.00 bits per heavy atom. The number of hydrogen-bond donors (Lipinski definition) is 1. The minimum atomic E-state index is -0.429. The van der Waals surface area contributed by atoms with E-state index < -0.39 is 5.97 Å². The first-order valence-electron chi connectivity index (χ1n) is 11.4. The quantitative estimate of drug-likeness (QED) is 0.469. The molecule has 0 radical (unpaired) electrons. The van der Waals surface area contributed by atoms with E-state index in [0.717, 1.165) is 41.7 Å². The summed E-state index contributed by atoms with van der Waals surface area (Å²) < 4.78 is 10.3. The Morgan fingerprint density at radius 2 is 1.76 bits per heavy atom. The van der Waals surface area contributed by atoms with Crippen LogP contribution in [-0.4, -0.2) is 26.1 Å². The fraction of sp³-hybridized carbons (Fsp3) is 0.333. The van der Waals surface area contributed by atoms with E-state index in [9.17, 15) is 9.59 Å². The first-order chi connectivity index (χ1) is 16.1. The fourth-order valence-electron chi connectivity index (χ4n) is 4.78. The van der Waals surface area contributed by atoms with E-state index >= 15 is 0 Å². The Hall–Kier alpha value is -3.12. The Bertz CT molecular complexity index is 1200. The molecule has 170 valence electrons. The van der Waals surface area contributed by atoms with Crippen LogP contribution in [0.4, 0.5) is 5.00 Å². The first kappa shape index (κ1) is 21.7. The maximum absolute atomic E-state index is 13.0. The summed E-state index contributed by atoms with van der Waals surface area (Å²) in [6, 6.07) is 14.3. The second-order valence-corrected chi connectivity index (χ2v) is 9.63. The Balaban J connectivity index is 1.37. The molecule has 3 aromatic rings. The standard InChI is InChI=1S/C27H27NO4S/c1-31-20-11-9-17(10-12-20)21-14-22(21)25(29)28-26-24(27(30)32-2)23(15-33-26)19-8-7-16-5-3-4-6-18(16)13-19/h7-13,15,21-22H,3-6,14H2,1-2H3,(H,28,29). The van der Waals surface area contributed by atoms with Gasteiger partial charge in [0.05, 0.1) is 14.2 Å². The lowest BCUT2D eigenvalue weighted by Crippen LogP contribution is -2.16. The summed E-state index contributed by atoms with van der Waals surface area (Å²) in [5.74, 6) is 0.411. The van der Waals surface area contributed by atoms with E-state index in [-0.39, 0.29) is 17.7 Å². The number of benzene rings is 2. The molecule has 1 saturated carbocycles. The number of fused-ring (bicyclic) bond motifs is 1. The van der Waals surface area contributed by atoms with Crippen LogP contribution in [0.25, 0.3) is 11.1 Å². The molecule has 2 aliphatic rings. The van der Waals surface area contributed by atoms with Crippen LogP contribution < -0.4 is 10.1 Å². The second kappa shape index (κ2) is 9.02. The van der Waals surface area contributed by atoms with Gasteiger partial charge in [0.15, 0.2) is 0 Å². The number of rotatable bonds is 6. The van der Waals surface area contributed by atoms with Gasteiger partial charge < -0.3 is 14.8 Å². The molecule has 33 heavy (non-hydrogen) atoms. The van der Waals surface area contributed by atoms with Gasteiger partial charge in [-0.2, -0.15) is 0 Å². The molecule has 5 nitrogen and oxygen atoms in total. The van der Waals surface area contributed by atoms with Gasteiger partial charge in [-0.3, -0.25) is 4.79 Å². The fourth-order valence-corrected chi connectivity index (χ4v) is 5.74. The van der Waals surface area contributed by atoms with E-state index in [1.807, 2.05) is 29.6 Å². The highest BCUT2D eigenvalue weighted by Crippen LogP contribution is 2.49. The number of methoxy groups -OCH3 is 2. The maximum Gasteiger partial charge on any atom is 0.341 e. The van der Waals surface area contributed by atoms with Gasteiger partial charge in [0, 0.05) is 16.9 Å². The van der Waals surface area contributed by atoms with Crippen LogP contribution in [0.2, 0.25) is 0 Å². The van der Waals surface area contributed by atoms with Gasteiger partial charge >= 0.3 is 5.97 Å². The van der Waals surface area contributed by atoms with Crippen LogP contribution in [0.5, 0.6) is 5.75 Å². The molecule has 1 N–H and O–H groups in total. The highest BCUT2D eigenvalue weighted by Gasteiger charge is 2.44. The van der Waals surface area contributed by atoms with Crippen LogP contribution >= 0.6 is 11.3 Å². The van der Waals surface area contributed by atoms with Crippen molar-refractivity contribution in [1.29, 1.82) is 0 Å². The van der Waals surface area contributed by atoms with Gasteiger partial charge in [0.1, 0.15) is 16.3 Å². The van der Waals surface area contributed by atoms with Crippen LogP contribution in [0.3, 0.4) is 0 Å². The molecule has 2 aromatic carbocycles. The smallest absolute Gasteiger partial charge is 0.341 e. The first-order valence-corrected chi connectivity index (χ1v) is 12.2. The van der Waals surface area contributed by atoms with Gasteiger partial charge in [-0.1, -0.05) is 30.3 Å². The van der Waals surface area contributed by atoms with Gasteiger partial charge in [0.2, 0.25) is 5.91 Å². The zero-order valence-corrected chi connectivity index (χ0v) is 19.7. The number of esters is 1. The van der Waals surface area contributed by atoms with Crippen LogP contribution in [-0.2, 0) is 22.4 Å². The summed E-state index contributed by atoms with van der Waals surface area (Å²) in [6.45, 7) is 0. The maximum atomic E-state index is 13.0. The lowest BCUT2D eigenvalue weighted by Gasteiger charge is -2.16. The molecule has 2 unspecified atom stereocenters. The third kappa shape index (κ3) is 4.27. The van der Waals surface area contributed by atoms with Crippen molar-refractivity contribution >= 4 is 28.2 Å². The number of aryl methyl sites for hydroxylation is 2. The lowest BCUT2D eigenvalue weighted by atomic mass is 9.89. The van der Waals surface area contributed by atoms with Crippen LogP contribution in [0, 0.1) is 5.92 Å². The minimum Gasteiger partial charge on any atom is -0.497 e. The molecule has 0 bridgehead atoms. The minimum absolute atomic E-state index is 0.0557. The summed E-state index contributed by atoms with van der Waals surface area (Å²) in [6.07, 6.45) is 5.41. The van der Waals surface area contributed by atoms with Gasteiger partial charge in [-0.15, -0.1) is 11.3 Å². The van der Waals surface area contributed by atoms with Gasteiger partial charge in [-0.25, -0.2) is 4.79 Å². The molecular formula is C27H27NO4S. The average Bonchev–Trinajstić information content (AvgIpc) is 3.56. The van der Waals surface area contributed by atoms with Crippen molar-refractivity contribution in [3.8, 4) is 16.9 Å². The molecule has 0 spiro atoms. The number of thiophene rings is 1. The summed E-state index contributed by atoms with van der Waals surface area (Å²) in [5, 5.41) is 5.52. The molecule has 5 rings (SSSR count). The number of amides is 1. The number of nitrogens with one attached hydrogen (secondary N) is 1. The summed E-state index contributed by atoms with van der Waals surface area (Å²) in [4.78, 5) is 25.7. The molecule has 1 fully saturated rings. The zero-order chi connectivity index (χ0) is 22.9. The largest absolute Gasteiger partial charge is 0.497 e. The highest BCUT2D eigenvalue weighted by molar-refractivity contribution is 7.15. The number of hydrogen-bond acceptors (Lipinski definition) is 5. The monoisotopic (exact) mass is 461 g/mol. The molecule has 0 aliphatic heterocycles. The van der Waals surface area contributed by atoms with Gasteiger partial charge in [0.25, 0.3) is 0 Å². The predicted octanol–water partition coefficient (Wildman–Crippen LogP) is 5.83. The van der Waals surface area contributed by atoms with Crippen molar-refractivity contribution in [3.63, 3.8) is 0 Å².